The molecular formula is C13H17BrClFN2O2. The van der Waals surface area contributed by atoms with Gasteiger partial charge in [0.05, 0.1) is 4.47 Å². The van der Waals surface area contributed by atoms with Gasteiger partial charge in [-0.25, -0.2) is 4.39 Å². The lowest BCUT2D eigenvalue weighted by atomic mass is 10.3. The fraction of sp³-hybridized carbons (Fsp3) is 0.462. The zero-order valence-corrected chi connectivity index (χ0v) is 13.4. The fourth-order valence-electron chi connectivity index (χ4n) is 2.06. The Bertz CT molecular complexity index is 489. The van der Waals surface area contributed by atoms with E-state index in [4.69, 9.17) is 10.5 Å². The minimum Gasteiger partial charge on any atom is -0.480 e. The maximum Gasteiger partial charge on any atom is 0.263 e. The van der Waals surface area contributed by atoms with Crippen molar-refractivity contribution in [3.63, 3.8) is 0 Å². The van der Waals surface area contributed by atoms with Gasteiger partial charge in [-0.15, -0.1) is 12.4 Å². The molecule has 1 aromatic carbocycles. The first kappa shape index (κ1) is 17.2. The molecule has 0 aromatic heterocycles. The third-order valence-electron chi connectivity index (χ3n) is 3.08. The molecule has 1 aromatic rings. The topological polar surface area (TPSA) is 55.6 Å². The monoisotopic (exact) mass is 366 g/mol. The standard InChI is InChI=1S/C13H16BrFN2O2.ClH/c1-8(13(18)17-5-4-10(16)7-17)19-12-3-2-9(15)6-11(12)14;/h2-3,6,8,10H,4-5,7,16H2,1H3;1H/t8?,10-;/m1./s1. The Morgan fingerprint density at radius 2 is 2.30 bits per heavy atom. The largest absolute Gasteiger partial charge is 0.480 e. The van der Waals surface area contributed by atoms with Crippen LogP contribution in [0.1, 0.15) is 13.3 Å². The molecule has 0 radical (unpaired) electrons. The minimum atomic E-state index is -0.618. The molecule has 1 saturated heterocycles. The van der Waals surface area contributed by atoms with Crippen LogP contribution in [0.15, 0.2) is 22.7 Å². The maximum absolute atomic E-state index is 13.0. The summed E-state index contributed by atoms with van der Waals surface area (Å²) in [6.07, 6.45) is 0.200. The van der Waals surface area contributed by atoms with E-state index in [1.54, 1.807) is 11.8 Å². The van der Waals surface area contributed by atoms with Gasteiger partial charge in [-0.2, -0.15) is 0 Å². The molecule has 1 aliphatic rings. The van der Waals surface area contributed by atoms with Gasteiger partial charge in [-0.1, -0.05) is 0 Å². The number of nitrogens with two attached hydrogens (primary N) is 1. The van der Waals surface area contributed by atoms with Crippen LogP contribution in [0.5, 0.6) is 5.75 Å². The second-order valence-electron chi connectivity index (χ2n) is 4.67. The molecule has 0 bridgehead atoms. The number of carbonyl (C=O) groups is 1. The van der Waals surface area contributed by atoms with Crippen LogP contribution in [-0.2, 0) is 4.79 Å². The summed E-state index contributed by atoms with van der Waals surface area (Å²) in [6, 6.07) is 4.15. The fourth-order valence-corrected chi connectivity index (χ4v) is 2.50. The molecule has 2 rings (SSSR count). The number of hydrogen-bond acceptors (Lipinski definition) is 3. The summed E-state index contributed by atoms with van der Waals surface area (Å²) in [5.74, 6) is -0.00126. The van der Waals surface area contributed by atoms with E-state index in [9.17, 15) is 9.18 Å². The Morgan fingerprint density at radius 3 is 2.85 bits per heavy atom. The lowest BCUT2D eigenvalue weighted by molar-refractivity contribution is -0.136. The predicted molar refractivity (Wildman–Crippen MR) is 80.6 cm³/mol. The number of nitrogens with zero attached hydrogens (tertiary/aromatic N) is 1. The minimum absolute atomic E-state index is 0. The summed E-state index contributed by atoms with van der Waals surface area (Å²) in [5.41, 5.74) is 5.77. The number of ether oxygens (including phenoxy) is 1. The molecule has 0 aliphatic carbocycles. The highest BCUT2D eigenvalue weighted by Crippen LogP contribution is 2.26. The lowest BCUT2D eigenvalue weighted by Gasteiger charge is -2.22. The number of rotatable bonds is 3. The van der Waals surface area contributed by atoms with E-state index in [0.29, 0.717) is 23.3 Å². The van der Waals surface area contributed by atoms with Gasteiger partial charge in [0.15, 0.2) is 6.10 Å². The average molecular weight is 368 g/mol. The molecule has 1 fully saturated rings. The smallest absolute Gasteiger partial charge is 0.263 e. The van der Waals surface area contributed by atoms with Crippen LogP contribution in [0.3, 0.4) is 0 Å². The Labute approximate surface area is 132 Å². The Morgan fingerprint density at radius 1 is 1.60 bits per heavy atom. The number of likely N-dealkylation sites (tertiary alicyclic amines) is 1. The molecule has 7 heteroatoms. The SMILES string of the molecule is CC(Oc1ccc(F)cc1Br)C(=O)N1CC[C@@H](N)C1.Cl. The molecular weight excluding hydrogens is 351 g/mol. The first-order valence-corrected chi connectivity index (χ1v) is 6.92. The van der Waals surface area contributed by atoms with Crippen LogP contribution >= 0.6 is 28.3 Å². The van der Waals surface area contributed by atoms with Gasteiger partial charge in [0.2, 0.25) is 0 Å². The third-order valence-corrected chi connectivity index (χ3v) is 3.70. The first-order valence-electron chi connectivity index (χ1n) is 6.13. The number of amides is 1. The molecule has 1 heterocycles. The van der Waals surface area contributed by atoms with Gasteiger partial charge in [0, 0.05) is 19.1 Å². The molecule has 0 saturated carbocycles. The van der Waals surface area contributed by atoms with Crippen molar-refractivity contribution in [1.82, 2.24) is 4.90 Å². The van der Waals surface area contributed by atoms with E-state index < -0.39 is 6.10 Å². The molecule has 1 aliphatic heterocycles. The van der Waals surface area contributed by atoms with Crippen molar-refractivity contribution >= 4 is 34.2 Å². The average Bonchev–Trinajstić information content (AvgIpc) is 2.78. The van der Waals surface area contributed by atoms with Gasteiger partial charge >= 0.3 is 0 Å². The summed E-state index contributed by atoms with van der Waals surface area (Å²) in [5, 5.41) is 0. The Kier molecular flexibility index (Phi) is 6.23. The number of halogens is 3. The Hall–Kier alpha value is -0.850. The van der Waals surface area contributed by atoms with Crippen LogP contribution in [0.25, 0.3) is 0 Å². The van der Waals surface area contributed by atoms with Crippen LogP contribution in [0.4, 0.5) is 4.39 Å². The van der Waals surface area contributed by atoms with E-state index in [1.807, 2.05) is 0 Å². The molecule has 2 N–H and O–H groups in total. The second-order valence-corrected chi connectivity index (χ2v) is 5.52. The van der Waals surface area contributed by atoms with E-state index in [-0.39, 0.29) is 30.2 Å². The van der Waals surface area contributed by atoms with Crippen molar-refractivity contribution in [2.75, 3.05) is 13.1 Å². The highest BCUT2D eigenvalue weighted by Gasteiger charge is 2.28. The van der Waals surface area contributed by atoms with E-state index in [2.05, 4.69) is 15.9 Å². The first-order chi connectivity index (χ1) is 8.97. The summed E-state index contributed by atoms with van der Waals surface area (Å²) >= 11 is 3.21. The molecule has 0 spiro atoms. The normalized spacial score (nSPS) is 19.4. The van der Waals surface area contributed by atoms with Gasteiger partial charge in [-0.05, 0) is 47.5 Å². The number of benzene rings is 1. The second kappa shape index (κ2) is 7.24. The van der Waals surface area contributed by atoms with Crippen molar-refractivity contribution in [1.29, 1.82) is 0 Å². The van der Waals surface area contributed by atoms with Crippen molar-refractivity contribution in [2.24, 2.45) is 5.73 Å². The van der Waals surface area contributed by atoms with Crippen molar-refractivity contribution in [3.05, 3.63) is 28.5 Å². The molecule has 20 heavy (non-hydrogen) atoms. The predicted octanol–water partition coefficient (Wildman–Crippen LogP) is 2.34. The van der Waals surface area contributed by atoms with Gasteiger partial charge < -0.3 is 15.4 Å². The molecule has 1 unspecified atom stereocenters. The van der Waals surface area contributed by atoms with Gasteiger partial charge in [0.25, 0.3) is 5.91 Å². The van der Waals surface area contributed by atoms with E-state index in [1.165, 1.54) is 18.2 Å². The quantitative estimate of drug-likeness (QED) is 0.892. The van der Waals surface area contributed by atoms with E-state index >= 15 is 0 Å². The maximum atomic E-state index is 13.0. The highest BCUT2D eigenvalue weighted by atomic mass is 79.9. The molecule has 112 valence electrons. The lowest BCUT2D eigenvalue weighted by Crippen LogP contribution is -2.40. The van der Waals surface area contributed by atoms with Crippen molar-refractivity contribution < 1.29 is 13.9 Å². The molecule has 4 nitrogen and oxygen atoms in total. The highest BCUT2D eigenvalue weighted by molar-refractivity contribution is 9.10. The van der Waals surface area contributed by atoms with E-state index in [0.717, 1.165) is 6.42 Å². The summed E-state index contributed by atoms with van der Waals surface area (Å²) in [7, 11) is 0. The van der Waals surface area contributed by atoms with Crippen molar-refractivity contribution in [2.45, 2.75) is 25.5 Å². The van der Waals surface area contributed by atoms with Crippen LogP contribution in [-0.4, -0.2) is 36.0 Å². The van der Waals surface area contributed by atoms with Crippen molar-refractivity contribution in [3.8, 4) is 5.75 Å². The zero-order chi connectivity index (χ0) is 14.0. The van der Waals surface area contributed by atoms with Gasteiger partial charge in [0.1, 0.15) is 11.6 Å². The van der Waals surface area contributed by atoms with Crippen LogP contribution < -0.4 is 10.5 Å². The van der Waals surface area contributed by atoms with Crippen LogP contribution in [0, 0.1) is 5.82 Å². The molecule has 2 atom stereocenters. The summed E-state index contributed by atoms with van der Waals surface area (Å²) in [6.45, 7) is 2.91. The third kappa shape index (κ3) is 4.07. The van der Waals surface area contributed by atoms with Gasteiger partial charge in [-0.3, -0.25) is 4.79 Å². The zero-order valence-electron chi connectivity index (χ0n) is 11.0. The van der Waals surface area contributed by atoms with Crippen LogP contribution in [0.2, 0.25) is 0 Å². The molecule has 1 amide bonds. The summed E-state index contributed by atoms with van der Waals surface area (Å²) < 4.78 is 19.0. The number of hydrogen-bond donors (Lipinski definition) is 1. The summed E-state index contributed by atoms with van der Waals surface area (Å²) in [4.78, 5) is 13.8. The Balaban J connectivity index is 0.00000200. The number of carbonyl (C=O) groups excluding carboxylic acids is 1.